The summed E-state index contributed by atoms with van der Waals surface area (Å²) in [5, 5.41) is 4.51. The molecule has 1 nitrogen and oxygen atoms in total. The van der Waals surface area contributed by atoms with Crippen LogP contribution in [0.25, 0.3) is 0 Å². The Morgan fingerprint density at radius 1 is 0.621 bits per heavy atom. The number of rotatable bonds is 7. The van der Waals surface area contributed by atoms with E-state index in [0.29, 0.717) is 0 Å². The van der Waals surface area contributed by atoms with Crippen LogP contribution in [0.2, 0.25) is 0 Å². The molecule has 0 aliphatic carbocycles. The highest BCUT2D eigenvalue weighted by molar-refractivity contribution is 8.93. The molecule has 0 spiro atoms. The van der Waals surface area contributed by atoms with Crippen molar-refractivity contribution in [1.82, 2.24) is 4.90 Å². The van der Waals surface area contributed by atoms with E-state index in [-0.39, 0.29) is 34.0 Å². The van der Waals surface area contributed by atoms with Crippen LogP contribution in [0.4, 0.5) is 0 Å². The zero-order valence-electron chi connectivity index (χ0n) is 16.8. The van der Waals surface area contributed by atoms with E-state index in [0.717, 1.165) is 0 Å². The average molecular weight is 535 g/mol. The minimum Gasteiger partial charge on any atom is -1.00 e. The molecule has 1 saturated heterocycles. The van der Waals surface area contributed by atoms with Crippen LogP contribution < -0.4 is 32.9 Å². The quantitative estimate of drug-likeness (QED) is 0.419. The minimum absolute atomic E-state index is 0. The summed E-state index contributed by atoms with van der Waals surface area (Å²) >= 11 is 0. The molecular weight excluding hydrogens is 505 g/mol. The van der Waals surface area contributed by atoms with Gasteiger partial charge in [-0.1, -0.05) is 54.6 Å². The summed E-state index contributed by atoms with van der Waals surface area (Å²) < 4.78 is 0. The minimum atomic E-state index is -1.64. The van der Waals surface area contributed by atoms with Gasteiger partial charge in [-0.3, -0.25) is 0 Å². The summed E-state index contributed by atoms with van der Waals surface area (Å²) in [5.74, 6) is 0. The normalized spacial score (nSPS) is 14.1. The molecule has 0 unspecified atom stereocenters. The zero-order valence-corrected chi connectivity index (χ0v) is 21.0. The maximum atomic E-state index is 2.65. The zero-order chi connectivity index (χ0) is 18.4. The molecule has 0 bridgehead atoms. The first-order valence-corrected chi connectivity index (χ1v) is 12.1. The molecule has 3 aromatic rings. The third-order valence-electron chi connectivity index (χ3n) is 5.76. The van der Waals surface area contributed by atoms with E-state index >= 15 is 0 Å². The molecule has 4 heteroatoms. The maximum Gasteiger partial charge on any atom is 0.112 e. The van der Waals surface area contributed by atoms with E-state index in [1.54, 1.807) is 0 Å². The highest BCUT2D eigenvalue weighted by atomic mass is 79.9. The molecule has 1 aliphatic rings. The standard InChI is InChI=1S/C25H29NP.2BrH/c1-4-13-23(14-5-1)27(24-15-6-2-7-16-24,25-17-8-3-9-18-25)22-12-21-26-19-10-11-20-26;;/h1-9,13-18H,10-12,19-22H2;2*1H/q+1;;/p-1. The van der Waals surface area contributed by atoms with Crippen molar-refractivity contribution in [2.24, 2.45) is 0 Å². The third kappa shape index (κ3) is 5.58. The van der Waals surface area contributed by atoms with Gasteiger partial charge in [-0.2, -0.15) is 0 Å². The number of hydrogen-bond donors (Lipinski definition) is 0. The van der Waals surface area contributed by atoms with Crippen molar-refractivity contribution < 1.29 is 17.0 Å². The second-order valence-corrected chi connectivity index (χ2v) is 11.1. The lowest BCUT2D eigenvalue weighted by atomic mass is 10.3. The molecule has 1 fully saturated rings. The van der Waals surface area contributed by atoms with Crippen LogP contribution in [-0.2, 0) is 0 Å². The molecule has 29 heavy (non-hydrogen) atoms. The average Bonchev–Trinajstić information content (AvgIpc) is 3.27. The summed E-state index contributed by atoms with van der Waals surface area (Å²) in [5.41, 5.74) is 0. The molecule has 0 saturated carbocycles. The van der Waals surface area contributed by atoms with Gasteiger partial charge in [0.15, 0.2) is 0 Å². The Hall–Kier alpha value is -0.990. The Morgan fingerprint density at radius 2 is 1.00 bits per heavy atom. The van der Waals surface area contributed by atoms with E-state index in [4.69, 9.17) is 0 Å². The number of nitrogens with zero attached hydrogens (tertiary/aromatic N) is 1. The maximum absolute atomic E-state index is 2.65. The van der Waals surface area contributed by atoms with E-state index < -0.39 is 7.26 Å². The molecule has 0 amide bonds. The predicted molar refractivity (Wildman–Crippen MR) is 131 cm³/mol. The molecular formula is C25H30Br2NP. The van der Waals surface area contributed by atoms with Crippen molar-refractivity contribution >= 4 is 40.2 Å². The molecule has 0 aromatic heterocycles. The van der Waals surface area contributed by atoms with Crippen LogP contribution in [0.5, 0.6) is 0 Å². The Balaban J connectivity index is 0.00000150. The van der Waals surface area contributed by atoms with Crippen molar-refractivity contribution in [3.8, 4) is 0 Å². The van der Waals surface area contributed by atoms with Gasteiger partial charge in [0.25, 0.3) is 0 Å². The highest BCUT2D eigenvalue weighted by Crippen LogP contribution is 2.55. The first kappa shape index (κ1) is 24.3. The number of hydrogen-bond acceptors (Lipinski definition) is 1. The highest BCUT2D eigenvalue weighted by Gasteiger charge is 2.44. The molecule has 1 aliphatic heterocycles. The van der Waals surface area contributed by atoms with Gasteiger partial charge in [0, 0.05) is 6.54 Å². The van der Waals surface area contributed by atoms with Crippen molar-refractivity contribution in [3.63, 3.8) is 0 Å². The molecule has 0 atom stereocenters. The van der Waals surface area contributed by atoms with Gasteiger partial charge in [0.1, 0.15) is 23.2 Å². The van der Waals surface area contributed by atoms with E-state index in [1.807, 2.05) is 0 Å². The number of benzene rings is 3. The smallest absolute Gasteiger partial charge is 0.112 e. The second kappa shape index (κ2) is 12.0. The van der Waals surface area contributed by atoms with Crippen LogP contribution in [0, 0.1) is 0 Å². The molecule has 3 aromatic carbocycles. The number of halogens is 2. The van der Waals surface area contributed by atoms with E-state index in [1.165, 1.54) is 61.0 Å². The fourth-order valence-electron chi connectivity index (χ4n) is 4.42. The molecule has 4 rings (SSSR count). The fourth-order valence-corrected chi connectivity index (χ4v) is 8.75. The summed E-state index contributed by atoms with van der Waals surface area (Å²) in [4.78, 5) is 2.65. The van der Waals surface area contributed by atoms with Gasteiger partial charge in [-0.05, 0) is 68.8 Å². The lowest BCUT2D eigenvalue weighted by Gasteiger charge is -2.28. The van der Waals surface area contributed by atoms with E-state index in [2.05, 4.69) is 95.9 Å². The topological polar surface area (TPSA) is 3.24 Å². The fraction of sp³-hybridized carbons (Fsp3) is 0.280. The predicted octanol–water partition coefficient (Wildman–Crippen LogP) is 2.05. The molecule has 0 N–H and O–H groups in total. The van der Waals surface area contributed by atoms with Crippen molar-refractivity contribution in [3.05, 3.63) is 91.0 Å². The van der Waals surface area contributed by atoms with E-state index in [9.17, 15) is 0 Å². The van der Waals surface area contributed by atoms with Crippen molar-refractivity contribution in [1.29, 1.82) is 0 Å². The van der Waals surface area contributed by atoms with Crippen LogP contribution in [0.1, 0.15) is 19.3 Å². The first-order chi connectivity index (χ1) is 13.4. The first-order valence-electron chi connectivity index (χ1n) is 10.2. The van der Waals surface area contributed by atoms with Gasteiger partial charge < -0.3 is 21.9 Å². The van der Waals surface area contributed by atoms with Gasteiger partial charge in [0.2, 0.25) is 0 Å². The Kier molecular flexibility index (Phi) is 10.1. The molecule has 1 heterocycles. The summed E-state index contributed by atoms with van der Waals surface area (Å²) in [6.45, 7) is 3.80. The van der Waals surface area contributed by atoms with Gasteiger partial charge in [-0.15, -0.1) is 17.0 Å². The third-order valence-corrected chi connectivity index (χ3v) is 10.3. The summed E-state index contributed by atoms with van der Waals surface area (Å²) in [6.07, 6.45) is 5.24. The van der Waals surface area contributed by atoms with Crippen LogP contribution >= 0.6 is 24.2 Å². The van der Waals surface area contributed by atoms with Gasteiger partial charge in [-0.25, -0.2) is 0 Å². The van der Waals surface area contributed by atoms with Crippen molar-refractivity contribution in [2.75, 3.05) is 25.8 Å². The SMILES string of the molecule is Br.[Br-].c1ccc([P+](CCCN2CCCC2)(c2ccccc2)c2ccccc2)cc1. The summed E-state index contributed by atoms with van der Waals surface area (Å²) in [6, 6.07) is 33.7. The van der Waals surface area contributed by atoms with Crippen LogP contribution in [0.3, 0.4) is 0 Å². The van der Waals surface area contributed by atoms with Gasteiger partial charge >= 0.3 is 0 Å². The van der Waals surface area contributed by atoms with Crippen LogP contribution in [-0.4, -0.2) is 30.7 Å². The largest absolute Gasteiger partial charge is 1.00 e. The Labute approximate surface area is 197 Å². The lowest BCUT2D eigenvalue weighted by molar-refractivity contribution is -0.00000541. The molecule has 0 radical (unpaired) electrons. The Morgan fingerprint density at radius 3 is 1.38 bits per heavy atom. The van der Waals surface area contributed by atoms with Crippen molar-refractivity contribution in [2.45, 2.75) is 19.3 Å². The van der Waals surface area contributed by atoms with Gasteiger partial charge in [0.05, 0.1) is 6.16 Å². The second-order valence-electron chi connectivity index (χ2n) is 7.44. The number of likely N-dealkylation sites (tertiary alicyclic amines) is 1. The Bertz CT molecular complexity index is 725. The van der Waals surface area contributed by atoms with Crippen LogP contribution in [0.15, 0.2) is 91.0 Å². The molecule has 154 valence electrons. The monoisotopic (exact) mass is 533 g/mol. The lowest BCUT2D eigenvalue weighted by Crippen LogP contribution is -3.00. The summed E-state index contributed by atoms with van der Waals surface area (Å²) in [7, 11) is -1.64.